The topological polar surface area (TPSA) is 110 Å². The zero-order chi connectivity index (χ0) is 40.7. The molecule has 9 heteroatoms. The molecule has 0 aliphatic rings. The highest BCUT2D eigenvalue weighted by molar-refractivity contribution is 7.85. The van der Waals surface area contributed by atoms with E-state index in [2.05, 4.69) is 27.8 Å². The summed E-state index contributed by atoms with van der Waals surface area (Å²) in [6.45, 7) is 9.75. The van der Waals surface area contributed by atoms with Gasteiger partial charge in [0.2, 0.25) is 0 Å². The fraction of sp³-hybridized carbons (Fsp3) is 0.957. The molecule has 0 aromatic carbocycles. The Morgan fingerprint density at radius 1 is 0.491 bits per heavy atom. The quantitative estimate of drug-likeness (QED) is 0.0261. The molecule has 0 spiro atoms. The van der Waals surface area contributed by atoms with Gasteiger partial charge in [0.25, 0.3) is 0 Å². The average Bonchev–Trinajstić information content (AvgIpc) is 3.14. The van der Waals surface area contributed by atoms with Crippen molar-refractivity contribution in [1.29, 1.82) is 0 Å². The summed E-state index contributed by atoms with van der Waals surface area (Å²) >= 11 is 0. The number of hydrogen-bond donors (Lipinski definition) is 0. The molecule has 0 bridgehead atoms. The van der Waals surface area contributed by atoms with Gasteiger partial charge in [-0.2, -0.15) is 0 Å². The van der Waals surface area contributed by atoms with Crippen LogP contribution in [-0.2, 0) is 29.2 Å². The van der Waals surface area contributed by atoms with Gasteiger partial charge in [0, 0.05) is 25.0 Å². The van der Waals surface area contributed by atoms with Crippen molar-refractivity contribution in [3.8, 4) is 0 Å². The number of carbonyl (C=O) groups excluding carboxylic acids is 2. The van der Waals surface area contributed by atoms with Crippen molar-refractivity contribution in [3.05, 3.63) is 0 Å². The van der Waals surface area contributed by atoms with Gasteiger partial charge in [0.05, 0.1) is 43.4 Å². The molecule has 0 amide bonds. The minimum Gasteiger partial charge on any atom is -0.748 e. The molecule has 0 aromatic heterocycles. The van der Waals surface area contributed by atoms with Crippen LogP contribution in [-0.4, -0.2) is 74.5 Å². The smallest absolute Gasteiger partial charge is 0.306 e. The molecule has 0 heterocycles. The molecule has 0 saturated carbocycles. The number of nitrogens with zero attached hydrogens (tertiary/aromatic N) is 1. The van der Waals surface area contributed by atoms with Gasteiger partial charge in [-0.1, -0.05) is 149 Å². The predicted molar refractivity (Wildman–Crippen MR) is 230 cm³/mol. The van der Waals surface area contributed by atoms with Crippen molar-refractivity contribution in [2.75, 3.05) is 39.0 Å². The molecule has 0 rings (SSSR count). The lowest BCUT2D eigenvalue weighted by molar-refractivity contribution is -0.910. The Hall–Kier alpha value is -1.19. The molecule has 328 valence electrons. The number of rotatable bonds is 43. The number of esters is 2. The van der Waals surface area contributed by atoms with E-state index < -0.39 is 10.1 Å². The van der Waals surface area contributed by atoms with E-state index in [0.717, 1.165) is 107 Å². The summed E-state index contributed by atoms with van der Waals surface area (Å²) < 4.78 is 46.0. The first-order valence-corrected chi connectivity index (χ1v) is 25.2. The van der Waals surface area contributed by atoms with E-state index in [1.807, 2.05) is 0 Å². The zero-order valence-corrected chi connectivity index (χ0v) is 37.7. The van der Waals surface area contributed by atoms with Gasteiger partial charge >= 0.3 is 11.9 Å². The Kier molecular flexibility index (Phi) is 37.5. The van der Waals surface area contributed by atoms with Crippen LogP contribution in [0.5, 0.6) is 0 Å². The second-order valence-electron chi connectivity index (χ2n) is 17.0. The lowest BCUT2D eigenvalue weighted by Crippen LogP contribution is -2.46. The maximum absolute atomic E-state index is 12.8. The lowest BCUT2D eigenvalue weighted by atomic mass is 10.0. The summed E-state index contributed by atoms with van der Waals surface area (Å²) in [6, 6.07) is 0. The van der Waals surface area contributed by atoms with Crippen LogP contribution in [0.15, 0.2) is 0 Å². The van der Waals surface area contributed by atoms with Gasteiger partial charge in [-0.25, -0.2) is 8.42 Å². The molecule has 55 heavy (non-hydrogen) atoms. The Balaban J connectivity index is 4.40. The Morgan fingerprint density at radius 3 is 1.33 bits per heavy atom. The Bertz CT molecular complexity index is 959. The summed E-state index contributed by atoms with van der Waals surface area (Å²) in [5, 5.41) is 0. The molecule has 0 N–H and O–H groups in total. The molecular weight excluding hydrogens is 711 g/mol. The second-order valence-corrected chi connectivity index (χ2v) is 18.5. The first-order chi connectivity index (χ1) is 26.5. The van der Waals surface area contributed by atoms with Crippen molar-refractivity contribution in [1.82, 2.24) is 0 Å². The van der Waals surface area contributed by atoms with Crippen LogP contribution in [0.4, 0.5) is 0 Å². The van der Waals surface area contributed by atoms with Crippen LogP contribution in [0.1, 0.15) is 239 Å². The van der Waals surface area contributed by atoms with Crippen molar-refractivity contribution < 1.29 is 36.5 Å². The molecule has 0 radical (unpaired) electrons. The van der Waals surface area contributed by atoms with Crippen LogP contribution in [0.25, 0.3) is 0 Å². The van der Waals surface area contributed by atoms with Crippen molar-refractivity contribution >= 4 is 22.1 Å². The van der Waals surface area contributed by atoms with Crippen LogP contribution < -0.4 is 0 Å². The van der Waals surface area contributed by atoms with E-state index in [4.69, 9.17) is 9.47 Å². The molecule has 0 aromatic rings. The molecule has 0 aliphatic carbocycles. The van der Waals surface area contributed by atoms with Gasteiger partial charge in [-0.15, -0.1) is 0 Å². The standard InChI is InChI=1S/C46H91NO7S/c1-5-8-11-14-17-18-19-25-33-42-53-45(48)37-30-26-32-40-47(4,41-34-43-55(50,51)52)39-31-24-20-23-29-38-46(49)54-44(35-27-21-15-12-9-6-2)36-28-22-16-13-10-7-3/h44H,5-43H2,1-4H3. The minimum atomic E-state index is -4.22. The maximum atomic E-state index is 12.8. The molecular formula is C46H91NO7S. The van der Waals surface area contributed by atoms with Crippen LogP contribution >= 0.6 is 0 Å². The highest BCUT2D eigenvalue weighted by atomic mass is 32.2. The highest BCUT2D eigenvalue weighted by Gasteiger charge is 2.21. The minimum absolute atomic E-state index is 0.0356. The number of ether oxygens (including phenoxy) is 2. The summed E-state index contributed by atoms with van der Waals surface area (Å²) in [6.07, 6.45) is 37.3. The summed E-state index contributed by atoms with van der Waals surface area (Å²) in [4.78, 5) is 25.0. The molecule has 8 nitrogen and oxygen atoms in total. The zero-order valence-electron chi connectivity index (χ0n) is 36.9. The third-order valence-electron chi connectivity index (χ3n) is 11.3. The van der Waals surface area contributed by atoms with Crippen LogP contribution in [0.3, 0.4) is 0 Å². The van der Waals surface area contributed by atoms with Gasteiger partial charge in [-0.05, 0) is 70.6 Å². The summed E-state index contributed by atoms with van der Waals surface area (Å²) in [5.41, 5.74) is 0. The first-order valence-electron chi connectivity index (χ1n) is 23.7. The summed E-state index contributed by atoms with van der Waals surface area (Å²) in [7, 11) is -2.06. The monoisotopic (exact) mass is 802 g/mol. The number of unbranched alkanes of at least 4 members (excludes halogenated alkanes) is 24. The van der Waals surface area contributed by atoms with Crippen molar-refractivity contribution in [2.24, 2.45) is 0 Å². The highest BCUT2D eigenvalue weighted by Crippen LogP contribution is 2.19. The molecule has 1 atom stereocenters. The first kappa shape index (κ1) is 53.8. The molecule has 1 unspecified atom stereocenters. The predicted octanol–water partition coefficient (Wildman–Crippen LogP) is 12.8. The second kappa shape index (κ2) is 38.3. The summed E-state index contributed by atoms with van der Waals surface area (Å²) in [5.74, 6) is -0.459. The average molecular weight is 802 g/mol. The van der Waals surface area contributed by atoms with E-state index in [1.54, 1.807) is 0 Å². The number of hydrogen-bond acceptors (Lipinski definition) is 7. The van der Waals surface area contributed by atoms with E-state index in [0.29, 0.717) is 32.4 Å². The van der Waals surface area contributed by atoms with E-state index >= 15 is 0 Å². The molecule has 0 aliphatic heterocycles. The molecule has 0 saturated heterocycles. The van der Waals surface area contributed by atoms with Gasteiger partial charge in [-0.3, -0.25) is 9.59 Å². The van der Waals surface area contributed by atoms with Gasteiger partial charge in [0.15, 0.2) is 0 Å². The number of carbonyl (C=O) groups is 2. The SMILES string of the molecule is CCCCCCCCCCCOC(=O)CCCCC[N+](C)(CCCCCCCC(=O)OC(CCCCCCCC)CCCCCCCC)CCCS(=O)(=O)[O-]. The van der Waals surface area contributed by atoms with E-state index in [-0.39, 0.29) is 23.8 Å². The fourth-order valence-corrected chi connectivity index (χ4v) is 8.16. The lowest BCUT2D eigenvalue weighted by Gasteiger charge is -2.35. The maximum Gasteiger partial charge on any atom is 0.306 e. The van der Waals surface area contributed by atoms with E-state index in [9.17, 15) is 22.6 Å². The van der Waals surface area contributed by atoms with Crippen molar-refractivity contribution in [2.45, 2.75) is 245 Å². The Labute approximate surface area is 341 Å². The third kappa shape index (κ3) is 39.4. The largest absolute Gasteiger partial charge is 0.748 e. The van der Waals surface area contributed by atoms with E-state index in [1.165, 1.54) is 109 Å². The normalized spacial score (nSPS) is 13.0. The Morgan fingerprint density at radius 2 is 0.855 bits per heavy atom. The molecule has 0 fully saturated rings. The van der Waals surface area contributed by atoms with Crippen LogP contribution in [0.2, 0.25) is 0 Å². The fourth-order valence-electron chi connectivity index (χ4n) is 7.67. The van der Waals surface area contributed by atoms with Crippen LogP contribution in [0, 0.1) is 0 Å². The third-order valence-corrected chi connectivity index (χ3v) is 12.1. The van der Waals surface area contributed by atoms with Crippen molar-refractivity contribution in [3.63, 3.8) is 0 Å². The van der Waals surface area contributed by atoms with Gasteiger partial charge in [0.1, 0.15) is 6.10 Å². The number of quaternary nitrogens is 1. The van der Waals surface area contributed by atoms with Gasteiger partial charge < -0.3 is 18.5 Å².